The second kappa shape index (κ2) is 6.10. The van der Waals surface area contributed by atoms with Crippen LogP contribution < -0.4 is 5.32 Å². The maximum atomic E-state index is 8.85. The normalized spacial score (nSPS) is 11.2. The van der Waals surface area contributed by atoms with Crippen molar-refractivity contribution < 1.29 is 5.11 Å². The van der Waals surface area contributed by atoms with Gasteiger partial charge < -0.3 is 10.4 Å². The number of benzene rings is 1. The largest absolute Gasteiger partial charge is 0.394 e. The Labute approximate surface area is 133 Å². The lowest BCUT2D eigenvalue weighted by molar-refractivity contribution is 0.268. The van der Waals surface area contributed by atoms with Crippen LogP contribution in [0.1, 0.15) is 5.69 Å². The first-order valence-electron chi connectivity index (χ1n) is 6.03. The number of halogens is 2. The van der Waals surface area contributed by atoms with Crippen molar-refractivity contribution >= 4 is 51.7 Å². The molecule has 110 valence electrons. The molecule has 2 N–H and O–H groups in total. The quantitative estimate of drug-likeness (QED) is 0.737. The number of hydrogen-bond donors (Lipinski definition) is 2. The second-order valence-corrected chi connectivity index (χ2v) is 5.57. The third-order valence-corrected chi connectivity index (χ3v) is 3.92. The summed E-state index contributed by atoms with van der Waals surface area (Å²) in [5.74, 6) is 0. The SMILES string of the molecule is OCCn1cc(CNc2c(Cl)cc(Cl)c3nsnc23)nn1. The molecule has 3 rings (SSSR count). The molecular weight excluding hydrogens is 335 g/mol. The van der Waals surface area contributed by atoms with Crippen LogP contribution >= 0.6 is 34.9 Å². The molecule has 0 spiro atoms. The van der Waals surface area contributed by atoms with Crippen molar-refractivity contribution in [2.45, 2.75) is 13.1 Å². The zero-order valence-corrected chi connectivity index (χ0v) is 13.0. The first-order valence-corrected chi connectivity index (χ1v) is 7.51. The Morgan fingerprint density at radius 1 is 1.24 bits per heavy atom. The standard InChI is InChI=1S/C11H10Cl2N6OS/c12-7-3-8(13)10-11(17-21-16-10)9(7)14-4-6-5-19(1-2-20)18-15-6/h3,5,14,20H,1-2,4H2. The summed E-state index contributed by atoms with van der Waals surface area (Å²) in [6.07, 6.45) is 1.75. The van der Waals surface area contributed by atoms with Crippen molar-refractivity contribution in [1.82, 2.24) is 23.7 Å². The van der Waals surface area contributed by atoms with Crippen LogP contribution in [-0.4, -0.2) is 35.5 Å². The fourth-order valence-electron chi connectivity index (χ4n) is 1.85. The predicted octanol–water partition coefficient (Wildman–Crippen LogP) is 2.19. The molecule has 0 bridgehead atoms. The van der Waals surface area contributed by atoms with E-state index < -0.39 is 0 Å². The topological polar surface area (TPSA) is 88.8 Å². The van der Waals surface area contributed by atoms with Crippen LogP contribution in [0.25, 0.3) is 11.0 Å². The fourth-order valence-corrected chi connectivity index (χ4v) is 3.03. The summed E-state index contributed by atoms with van der Waals surface area (Å²) in [5, 5.41) is 20.9. The molecule has 0 fully saturated rings. The molecule has 7 nitrogen and oxygen atoms in total. The van der Waals surface area contributed by atoms with Gasteiger partial charge in [0, 0.05) is 0 Å². The smallest absolute Gasteiger partial charge is 0.130 e. The van der Waals surface area contributed by atoms with Crippen molar-refractivity contribution in [1.29, 1.82) is 0 Å². The number of aromatic nitrogens is 5. The highest BCUT2D eigenvalue weighted by Crippen LogP contribution is 2.35. The third-order valence-electron chi connectivity index (χ3n) is 2.81. The van der Waals surface area contributed by atoms with Crippen LogP contribution in [0.15, 0.2) is 12.3 Å². The number of rotatable bonds is 5. The Bertz CT molecular complexity index is 773. The zero-order valence-electron chi connectivity index (χ0n) is 10.6. The van der Waals surface area contributed by atoms with E-state index in [2.05, 4.69) is 24.4 Å². The van der Waals surface area contributed by atoms with Crippen LogP contribution in [0.5, 0.6) is 0 Å². The minimum Gasteiger partial charge on any atom is -0.394 e. The Morgan fingerprint density at radius 2 is 2.05 bits per heavy atom. The fraction of sp³-hybridized carbons (Fsp3) is 0.273. The first-order chi connectivity index (χ1) is 10.2. The van der Waals surface area contributed by atoms with Gasteiger partial charge in [-0.15, -0.1) is 5.10 Å². The lowest BCUT2D eigenvalue weighted by Gasteiger charge is -2.07. The highest BCUT2D eigenvalue weighted by molar-refractivity contribution is 7.00. The van der Waals surface area contributed by atoms with E-state index in [4.69, 9.17) is 28.3 Å². The van der Waals surface area contributed by atoms with E-state index in [1.807, 2.05) is 0 Å². The summed E-state index contributed by atoms with van der Waals surface area (Å²) >= 11 is 13.4. The van der Waals surface area contributed by atoms with E-state index >= 15 is 0 Å². The summed E-state index contributed by atoms with van der Waals surface area (Å²) in [6.45, 7) is 0.860. The van der Waals surface area contributed by atoms with Gasteiger partial charge in [0.2, 0.25) is 0 Å². The number of fused-ring (bicyclic) bond motifs is 1. The molecule has 21 heavy (non-hydrogen) atoms. The van der Waals surface area contributed by atoms with Gasteiger partial charge in [-0.3, -0.25) is 0 Å². The highest BCUT2D eigenvalue weighted by Gasteiger charge is 2.14. The predicted molar refractivity (Wildman–Crippen MR) is 81.9 cm³/mol. The van der Waals surface area contributed by atoms with Crippen molar-refractivity contribution in [3.05, 3.63) is 28.0 Å². The van der Waals surface area contributed by atoms with E-state index in [0.717, 1.165) is 17.4 Å². The number of hydrogen-bond acceptors (Lipinski definition) is 7. The van der Waals surface area contributed by atoms with Crippen molar-refractivity contribution in [3.8, 4) is 0 Å². The van der Waals surface area contributed by atoms with Crippen LogP contribution in [0.4, 0.5) is 5.69 Å². The average molecular weight is 345 g/mol. The average Bonchev–Trinajstić information content (AvgIpc) is 3.08. The molecule has 0 aliphatic carbocycles. The Kier molecular flexibility index (Phi) is 4.20. The van der Waals surface area contributed by atoms with Crippen molar-refractivity contribution in [2.24, 2.45) is 0 Å². The first kappa shape index (κ1) is 14.5. The van der Waals surface area contributed by atoms with Crippen LogP contribution in [0, 0.1) is 0 Å². The van der Waals surface area contributed by atoms with Gasteiger partial charge in [0.05, 0.1) is 53.4 Å². The maximum absolute atomic E-state index is 8.85. The molecule has 1 aromatic carbocycles. The maximum Gasteiger partial charge on any atom is 0.130 e. The van der Waals surface area contributed by atoms with Crippen LogP contribution in [0.3, 0.4) is 0 Å². The molecule has 0 unspecified atom stereocenters. The van der Waals surface area contributed by atoms with Crippen molar-refractivity contribution in [2.75, 3.05) is 11.9 Å². The molecule has 0 amide bonds. The second-order valence-electron chi connectivity index (χ2n) is 4.23. The van der Waals surface area contributed by atoms with Crippen LogP contribution in [0.2, 0.25) is 10.0 Å². The summed E-state index contributed by atoms with van der Waals surface area (Å²) in [7, 11) is 0. The van der Waals surface area contributed by atoms with Crippen molar-refractivity contribution in [3.63, 3.8) is 0 Å². The monoisotopic (exact) mass is 344 g/mol. The van der Waals surface area contributed by atoms with E-state index in [0.29, 0.717) is 39.9 Å². The van der Waals surface area contributed by atoms with Gasteiger partial charge in [0.15, 0.2) is 0 Å². The zero-order chi connectivity index (χ0) is 14.8. The van der Waals surface area contributed by atoms with E-state index in [-0.39, 0.29) is 6.61 Å². The molecule has 2 heterocycles. The summed E-state index contributed by atoms with van der Waals surface area (Å²) < 4.78 is 9.93. The number of nitrogens with one attached hydrogen (secondary N) is 1. The van der Waals surface area contributed by atoms with Gasteiger partial charge in [0.25, 0.3) is 0 Å². The number of nitrogens with zero attached hydrogens (tertiary/aromatic N) is 5. The highest BCUT2D eigenvalue weighted by atomic mass is 35.5. The lowest BCUT2D eigenvalue weighted by Crippen LogP contribution is -2.02. The Balaban J connectivity index is 1.83. The van der Waals surface area contributed by atoms with Gasteiger partial charge in [-0.2, -0.15) is 8.75 Å². The molecule has 0 atom stereocenters. The number of aliphatic hydroxyl groups excluding tert-OH is 1. The third kappa shape index (κ3) is 2.93. The number of anilines is 1. The van der Waals surface area contributed by atoms with Crippen LogP contribution in [-0.2, 0) is 13.1 Å². The lowest BCUT2D eigenvalue weighted by atomic mass is 10.2. The van der Waals surface area contributed by atoms with E-state index in [1.54, 1.807) is 16.9 Å². The Hall–Kier alpha value is -1.48. The van der Waals surface area contributed by atoms with Gasteiger partial charge in [-0.1, -0.05) is 28.4 Å². The molecule has 3 aromatic rings. The molecule has 2 aromatic heterocycles. The van der Waals surface area contributed by atoms with Gasteiger partial charge >= 0.3 is 0 Å². The molecular formula is C11H10Cl2N6OS. The molecule has 10 heteroatoms. The summed E-state index contributed by atoms with van der Waals surface area (Å²) in [6, 6.07) is 1.64. The number of aliphatic hydroxyl groups is 1. The Morgan fingerprint density at radius 3 is 2.86 bits per heavy atom. The summed E-state index contributed by atoms with van der Waals surface area (Å²) in [4.78, 5) is 0. The van der Waals surface area contributed by atoms with Gasteiger partial charge in [0.1, 0.15) is 16.7 Å². The van der Waals surface area contributed by atoms with Gasteiger partial charge in [-0.05, 0) is 6.07 Å². The molecule has 0 saturated carbocycles. The summed E-state index contributed by atoms with van der Waals surface area (Å²) in [5.41, 5.74) is 2.66. The van der Waals surface area contributed by atoms with E-state index in [9.17, 15) is 0 Å². The molecule has 0 saturated heterocycles. The van der Waals surface area contributed by atoms with Gasteiger partial charge in [-0.25, -0.2) is 4.68 Å². The minimum atomic E-state index is 0.0182. The van der Waals surface area contributed by atoms with E-state index in [1.165, 1.54) is 0 Å². The molecule has 0 radical (unpaired) electrons. The minimum absolute atomic E-state index is 0.0182. The molecule has 0 aliphatic heterocycles. The molecule has 0 aliphatic rings.